The highest BCUT2D eigenvalue weighted by molar-refractivity contribution is 5.66. The van der Waals surface area contributed by atoms with E-state index in [9.17, 15) is 0 Å². The van der Waals surface area contributed by atoms with Crippen molar-refractivity contribution >= 4 is 0 Å². The molecule has 1 atom stereocenters. The Bertz CT molecular complexity index is 923. The number of nitrogens with zero attached hydrogens (tertiary/aromatic N) is 3. The van der Waals surface area contributed by atoms with Crippen LogP contribution in [0.3, 0.4) is 0 Å². The van der Waals surface area contributed by atoms with Crippen molar-refractivity contribution in [1.82, 2.24) is 10.1 Å². The lowest BCUT2D eigenvalue weighted by atomic mass is 10.0. The minimum Gasteiger partial charge on any atom is -0.334 e. The van der Waals surface area contributed by atoms with Crippen LogP contribution >= 0.6 is 0 Å². The molecule has 1 heterocycles. The Kier molecular flexibility index (Phi) is 3.18. The molecule has 5 heteroatoms. The molecule has 112 valence electrons. The number of fused-ring (bicyclic) bond motifs is 1. The molecule has 23 heavy (non-hydrogen) atoms. The molecule has 0 bridgehead atoms. The monoisotopic (exact) mass is 302 g/mol. The summed E-state index contributed by atoms with van der Waals surface area (Å²) >= 11 is 0. The molecular weight excluding hydrogens is 288 g/mol. The maximum atomic E-state index is 8.99. The summed E-state index contributed by atoms with van der Waals surface area (Å²) < 4.78 is 5.39. The van der Waals surface area contributed by atoms with Crippen LogP contribution in [0.1, 0.15) is 29.2 Å². The summed E-state index contributed by atoms with van der Waals surface area (Å²) in [5, 5.41) is 13.1. The molecule has 0 saturated heterocycles. The van der Waals surface area contributed by atoms with Gasteiger partial charge in [0.05, 0.1) is 11.6 Å². The predicted molar refractivity (Wildman–Crippen MR) is 85.1 cm³/mol. The summed E-state index contributed by atoms with van der Waals surface area (Å²) in [6, 6.07) is 15.4. The van der Waals surface area contributed by atoms with Crippen molar-refractivity contribution in [3.8, 4) is 28.9 Å². The first-order valence-electron chi connectivity index (χ1n) is 7.48. The number of nitriles is 1. The molecule has 5 nitrogen and oxygen atoms in total. The van der Waals surface area contributed by atoms with Gasteiger partial charge in [0.25, 0.3) is 5.89 Å². The number of aromatic nitrogens is 2. The summed E-state index contributed by atoms with van der Waals surface area (Å²) in [7, 11) is 0. The van der Waals surface area contributed by atoms with Gasteiger partial charge >= 0.3 is 0 Å². The topological polar surface area (TPSA) is 88.7 Å². The normalized spacial score (nSPS) is 16.1. The lowest BCUT2D eigenvalue weighted by molar-refractivity contribution is 0.432. The lowest BCUT2D eigenvalue weighted by Crippen LogP contribution is -2.04. The second-order valence-corrected chi connectivity index (χ2v) is 5.63. The van der Waals surface area contributed by atoms with Crippen LogP contribution in [-0.4, -0.2) is 10.1 Å². The van der Waals surface area contributed by atoms with E-state index in [4.69, 9.17) is 15.5 Å². The van der Waals surface area contributed by atoms with E-state index in [-0.39, 0.29) is 6.04 Å². The average Bonchev–Trinajstić information content (AvgIpc) is 3.22. The zero-order valence-electron chi connectivity index (χ0n) is 12.4. The summed E-state index contributed by atoms with van der Waals surface area (Å²) in [5.41, 5.74) is 10.8. The van der Waals surface area contributed by atoms with Crippen molar-refractivity contribution in [2.24, 2.45) is 5.73 Å². The van der Waals surface area contributed by atoms with E-state index in [1.54, 1.807) is 18.2 Å². The van der Waals surface area contributed by atoms with Gasteiger partial charge in [-0.2, -0.15) is 10.2 Å². The van der Waals surface area contributed by atoms with E-state index in [1.807, 2.05) is 18.2 Å². The first kappa shape index (κ1) is 13.7. The average molecular weight is 302 g/mol. The fourth-order valence-corrected chi connectivity index (χ4v) is 3.07. The Morgan fingerprint density at radius 2 is 2.09 bits per heavy atom. The van der Waals surface area contributed by atoms with E-state index < -0.39 is 0 Å². The van der Waals surface area contributed by atoms with Gasteiger partial charge in [-0.1, -0.05) is 29.4 Å². The summed E-state index contributed by atoms with van der Waals surface area (Å²) in [5.74, 6) is 0.977. The highest BCUT2D eigenvalue weighted by atomic mass is 16.5. The quantitative estimate of drug-likeness (QED) is 0.785. The Morgan fingerprint density at radius 1 is 1.22 bits per heavy atom. The lowest BCUT2D eigenvalue weighted by Gasteiger charge is -2.06. The number of hydrogen-bond donors (Lipinski definition) is 1. The highest BCUT2D eigenvalue weighted by Gasteiger charge is 2.24. The van der Waals surface area contributed by atoms with Crippen molar-refractivity contribution < 1.29 is 4.52 Å². The first-order chi connectivity index (χ1) is 11.3. The number of nitrogens with two attached hydrogens (primary N) is 1. The van der Waals surface area contributed by atoms with E-state index in [2.05, 4.69) is 22.3 Å². The molecule has 3 aromatic rings. The second-order valence-electron chi connectivity index (χ2n) is 5.63. The van der Waals surface area contributed by atoms with Gasteiger partial charge in [0.2, 0.25) is 5.82 Å². The van der Waals surface area contributed by atoms with E-state index >= 15 is 0 Å². The van der Waals surface area contributed by atoms with E-state index in [0.29, 0.717) is 17.3 Å². The minimum atomic E-state index is 0.0867. The predicted octanol–water partition coefficient (Wildman–Crippen LogP) is 3.22. The Balaban J connectivity index is 1.76. The molecule has 0 unspecified atom stereocenters. The van der Waals surface area contributed by atoms with Crippen molar-refractivity contribution in [2.45, 2.75) is 18.9 Å². The van der Waals surface area contributed by atoms with Gasteiger partial charge in [0.15, 0.2) is 0 Å². The van der Waals surface area contributed by atoms with Crippen LogP contribution in [0, 0.1) is 11.3 Å². The van der Waals surface area contributed by atoms with Crippen molar-refractivity contribution in [3.05, 3.63) is 59.2 Å². The Morgan fingerprint density at radius 3 is 2.96 bits per heavy atom. The van der Waals surface area contributed by atoms with Gasteiger partial charge in [0, 0.05) is 17.2 Å². The minimum absolute atomic E-state index is 0.0867. The Labute approximate surface area is 133 Å². The number of rotatable bonds is 2. The third-order valence-corrected chi connectivity index (χ3v) is 4.22. The molecule has 2 N–H and O–H groups in total. The van der Waals surface area contributed by atoms with Gasteiger partial charge in [-0.25, -0.2) is 0 Å². The molecule has 0 fully saturated rings. The third kappa shape index (κ3) is 2.30. The standard InChI is InChI=1S/C18H14N4O/c19-10-11-3-1-4-12(9-11)18-21-17(22-23-18)15-6-2-5-14-13(15)7-8-16(14)20/h1-6,9,16H,7-8,20H2/t16-/m1/s1. The fourth-order valence-electron chi connectivity index (χ4n) is 3.07. The van der Waals surface area contributed by atoms with Crippen LogP contribution in [0.5, 0.6) is 0 Å². The molecular formula is C18H14N4O. The largest absolute Gasteiger partial charge is 0.334 e. The van der Waals surface area contributed by atoms with Crippen LogP contribution < -0.4 is 5.73 Å². The van der Waals surface area contributed by atoms with Gasteiger partial charge < -0.3 is 10.3 Å². The highest BCUT2D eigenvalue weighted by Crippen LogP contribution is 2.36. The molecule has 1 aliphatic rings. The number of benzene rings is 2. The SMILES string of the molecule is N#Cc1cccc(-c2nc(-c3cccc4c3CC[C@H]4N)no2)c1. The molecule has 0 radical (unpaired) electrons. The molecule has 4 rings (SSSR count). The smallest absolute Gasteiger partial charge is 0.258 e. The van der Waals surface area contributed by atoms with Crippen molar-refractivity contribution in [2.75, 3.05) is 0 Å². The van der Waals surface area contributed by atoms with Crippen LogP contribution in [0.4, 0.5) is 0 Å². The van der Waals surface area contributed by atoms with Crippen LogP contribution in [0.15, 0.2) is 47.0 Å². The van der Waals surface area contributed by atoms with Crippen LogP contribution in [-0.2, 0) is 6.42 Å². The molecule has 0 amide bonds. The molecule has 1 aromatic heterocycles. The maximum absolute atomic E-state index is 8.99. The second kappa shape index (κ2) is 5.34. The third-order valence-electron chi connectivity index (χ3n) is 4.22. The molecule has 1 aliphatic carbocycles. The molecule has 2 aromatic carbocycles. The van der Waals surface area contributed by atoms with E-state index in [1.165, 1.54) is 11.1 Å². The molecule has 0 spiro atoms. The van der Waals surface area contributed by atoms with Crippen LogP contribution in [0.25, 0.3) is 22.8 Å². The first-order valence-corrected chi connectivity index (χ1v) is 7.48. The van der Waals surface area contributed by atoms with Gasteiger partial charge in [-0.3, -0.25) is 0 Å². The van der Waals surface area contributed by atoms with Gasteiger partial charge in [-0.15, -0.1) is 0 Å². The number of hydrogen-bond acceptors (Lipinski definition) is 5. The van der Waals surface area contributed by atoms with Crippen molar-refractivity contribution in [3.63, 3.8) is 0 Å². The van der Waals surface area contributed by atoms with Crippen molar-refractivity contribution in [1.29, 1.82) is 5.26 Å². The van der Waals surface area contributed by atoms with Gasteiger partial charge in [0.1, 0.15) is 0 Å². The Hall–Kier alpha value is -2.97. The summed E-state index contributed by atoms with van der Waals surface area (Å²) in [6.45, 7) is 0. The molecule has 0 aliphatic heterocycles. The van der Waals surface area contributed by atoms with Crippen LogP contribution in [0.2, 0.25) is 0 Å². The zero-order valence-corrected chi connectivity index (χ0v) is 12.4. The summed E-state index contributed by atoms with van der Waals surface area (Å²) in [4.78, 5) is 4.50. The summed E-state index contributed by atoms with van der Waals surface area (Å²) in [6.07, 6.45) is 1.88. The zero-order chi connectivity index (χ0) is 15.8. The van der Waals surface area contributed by atoms with Gasteiger partial charge in [-0.05, 0) is 42.2 Å². The fraction of sp³-hybridized carbons (Fsp3) is 0.167. The molecule has 0 saturated carbocycles. The maximum Gasteiger partial charge on any atom is 0.258 e. The van der Waals surface area contributed by atoms with E-state index in [0.717, 1.165) is 24.0 Å².